The van der Waals surface area contributed by atoms with E-state index in [0.717, 1.165) is 11.4 Å². The molecule has 2 aliphatic carbocycles. The molecule has 70 heavy (non-hydrogen) atoms. The molecule has 0 atom stereocenters. The fourth-order valence-corrected chi connectivity index (χ4v) is 13.0. The van der Waals surface area contributed by atoms with Crippen LogP contribution in [0.1, 0.15) is 22.3 Å². The molecular weight excluding hydrogens is 847 g/mol. The van der Waals surface area contributed by atoms with Crippen LogP contribution >= 0.6 is 0 Å². The summed E-state index contributed by atoms with van der Waals surface area (Å²) in [6.45, 7) is 0. The first kappa shape index (κ1) is 37.9. The lowest BCUT2D eigenvalue weighted by molar-refractivity contribution is 0.792. The quantitative estimate of drug-likeness (QED) is 0.167. The summed E-state index contributed by atoms with van der Waals surface area (Å²) in [5.74, 6) is 0. The summed E-state index contributed by atoms with van der Waals surface area (Å²) < 4.78 is 7.36. The van der Waals surface area contributed by atoms with Gasteiger partial charge in [-0.15, -0.1) is 0 Å². The van der Waals surface area contributed by atoms with E-state index < -0.39 is 5.41 Å². The number of para-hydroxylation sites is 4. The average molecular weight is 888 g/mol. The normalized spacial score (nSPS) is 13.3. The molecule has 0 amide bonds. The highest BCUT2D eigenvalue weighted by Gasteiger charge is 2.51. The van der Waals surface area contributed by atoms with Gasteiger partial charge in [0.2, 0.25) is 0 Å². The number of hydrogen-bond donors (Lipinski definition) is 0. The van der Waals surface area contributed by atoms with Gasteiger partial charge in [0.25, 0.3) is 0 Å². The zero-order valence-electron chi connectivity index (χ0n) is 38.0. The minimum absolute atomic E-state index is 0.423. The molecular formula is C67H41N3. The SMILES string of the molecule is c1ccc(-n2c3ccccc3c3cc(-c4ccc5c(c4)c4ccccc4n5-c4ccc5c6ccccc6n(-c6ccc7c(c6)C6(c8ccccc8-c8ccccc86)c6ccccc6-7)c5c4)ccc32)cc1. The van der Waals surface area contributed by atoms with E-state index in [4.69, 9.17) is 0 Å². The van der Waals surface area contributed by atoms with Crippen molar-refractivity contribution in [2.45, 2.75) is 5.41 Å². The molecule has 0 saturated heterocycles. The second-order valence-corrected chi connectivity index (χ2v) is 19.2. The second kappa shape index (κ2) is 13.9. The average Bonchev–Trinajstić information content (AvgIpc) is 4.20. The van der Waals surface area contributed by atoms with Gasteiger partial charge in [-0.2, -0.15) is 0 Å². The lowest BCUT2D eigenvalue weighted by Gasteiger charge is -2.30. The smallest absolute Gasteiger partial charge is 0.0726 e. The summed E-state index contributed by atoms with van der Waals surface area (Å²) in [5, 5.41) is 7.47. The molecule has 3 nitrogen and oxygen atoms in total. The topological polar surface area (TPSA) is 14.8 Å². The van der Waals surface area contributed by atoms with Crippen LogP contribution in [0.25, 0.3) is 116 Å². The van der Waals surface area contributed by atoms with Crippen molar-refractivity contribution in [2.75, 3.05) is 0 Å². The molecule has 0 N–H and O–H groups in total. The maximum absolute atomic E-state index is 2.51. The predicted octanol–water partition coefficient (Wildman–Crippen LogP) is 17.0. The van der Waals surface area contributed by atoms with Gasteiger partial charge in [-0.3, -0.25) is 0 Å². The van der Waals surface area contributed by atoms with Crippen LogP contribution in [0.15, 0.2) is 249 Å². The summed E-state index contributed by atoms with van der Waals surface area (Å²) >= 11 is 0. The van der Waals surface area contributed by atoms with Crippen molar-refractivity contribution >= 4 is 65.4 Å². The largest absolute Gasteiger partial charge is 0.309 e. The van der Waals surface area contributed by atoms with Crippen molar-refractivity contribution in [3.05, 3.63) is 271 Å². The molecule has 0 radical (unpaired) electrons. The summed E-state index contributed by atoms with van der Waals surface area (Å²) in [5.41, 5.74) is 23.3. The van der Waals surface area contributed by atoms with Gasteiger partial charge in [-0.25, -0.2) is 0 Å². The van der Waals surface area contributed by atoms with E-state index >= 15 is 0 Å². The molecule has 2 aliphatic rings. The van der Waals surface area contributed by atoms with Crippen LogP contribution in [-0.2, 0) is 5.41 Å². The zero-order valence-corrected chi connectivity index (χ0v) is 38.0. The lowest BCUT2D eigenvalue weighted by Crippen LogP contribution is -2.26. The first-order valence-corrected chi connectivity index (χ1v) is 24.3. The molecule has 0 bridgehead atoms. The molecule has 0 aliphatic heterocycles. The van der Waals surface area contributed by atoms with Crippen LogP contribution < -0.4 is 0 Å². The first-order chi connectivity index (χ1) is 34.7. The van der Waals surface area contributed by atoms with Crippen LogP contribution in [0.5, 0.6) is 0 Å². The Labute approximate surface area is 404 Å². The van der Waals surface area contributed by atoms with Gasteiger partial charge >= 0.3 is 0 Å². The number of hydrogen-bond acceptors (Lipinski definition) is 0. The third-order valence-corrected chi connectivity index (χ3v) is 15.8. The third-order valence-electron chi connectivity index (χ3n) is 15.8. The number of fused-ring (bicyclic) bond motifs is 19. The molecule has 324 valence electrons. The van der Waals surface area contributed by atoms with Gasteiger partial charge in [0.1, 0.15) is 0 Å². The predicted molar refractivity (Wildman–Crippen MR) is 291 cm³/mol. The number of rotatable bonds is 4. The summed E-state index contributed by atoms with van der Waals surface area (Å²) in [6.07, 6.45) is 0. The number of aromatic nitrogens is 3. The second-order valence-electron chi connectivity index (χ2n) is 19.2. The van der Waals surface area contributed by atoms with Crippen molar-refractivity contribution in [1.29, 1.82) is 0 Å². The van der Waals surface area contributed by atoms with Gasteiger partial charge in [-0.05, 0) is 134 Å². The van der Waals surface area contributed by atoms with Gasteiger partial charge < -0.3 is 13.7 Å². The molecule has 3 aromatic heterocycles. The van der Waals surface area contributed by atoms with Crippen LogP contribution in [-0.4, -0.2) is 13.7 Å². The van der Waals surface area contributed by atoms with Crippen LogP contribution in [0, 0.1) is 0 Å². The standard InChI is InChI=1S/C67H41N3/c1-2-16-44(17-3-1)68-62-28-14-8-22-52(62)55-38-42(30-36-64(55)68)43-31-37-65-56(39-43)53-23-9-15-29-63(53)69(65)46-33-35-54-51-21-7-13-27-61(51)70(66(54)41-46)45-32-34-50-49-20-6-12-26-59(49)67(60(50)40-45)57-24-10-4-18-47(57)48-19-5-11-25-58(48)67/h1-41H. The van der Waals surface area contributed by atoms with Crippen molar-refractivity contribution in [1.82, 2.24) is 13.7 Å². The summed E-state index contributed by atoms with van der Waals surface area (Å²) in [7, 11) is 0. The molecule has 0 saturated carbocycles. The Bertz CT molecular complexity index is 4480. The maximum Gasteiger partial charge on any atom is 0.0726 e. The summed E-state index contributed by atoms with van der Waals surface area (Å²) in [4.78, 5) is 0. The van der Waals surface area contributed by atoms with E-state index in [9.17, 15) is 0 Å². The van der Waals surface area contributed by atoms with Crippen molar-refractivity contribution < 1.29 is 0 Å². The highest BCUT2D eigenvalue weighted by molar-refractivity contribution is 6.14. The van der Waals surface area contributed by atoms with Crippen molar-refractivity contribution in [3.8, 4) is 50.4 Å². The Kier molecular flexibility index (Phi) is 7.54. The van der Waals surface area contributed by atoms with Crippen molar-refractivity contribution in [2.24, 2.45) is 0 Å². The molecule has 16 rings (SSSR count). The Morgan fingerprint density at radius 3 is 1.16 bits per heavy atom. The van der Waals surface area contributed by atoms with E-state index in [1.54, 1.807) is 0 Å². The van der Waals surface area contributed by atoms with Crippen molar-refractivity contribution in [3.63, 3.8) is 0 Å². The van der Waals surface area contributed by atoms with Crippen LogP contribution in [0.3, 0.4) is 0 Å². The molecule has 11 aromatic carbocycles. The van der Waals surface area contributed by atoms with E-state index in [1.807, 2.05) is 0 Å². The minimum Gasteiger partial charge on any atom is -0.309 e. The Balaban J connectivity index is 0.886. The number of nitrogens with zero attached hydrogens (tertiary/aromatic N) is 3. The van der Waals surface area contributed by atoms with E-state index in [2.05, 4.69) is 262 Å². The fourth-order valence-electron chi connectivity index (χ4n) is 13.0. The molecule has 1 spiro atoms. The zero-order chi connectivity index (χ0) is 45.7. The first-order valence-electron chi connectivity index (χ1n) is 24.3. The van der Waals surface area contributed by atoms with E-state index in [0.29, 0.717) is 0 Å². The van der Waals surface area contributed by atoms with Gasteiger partial charge in [-0.1, -0.05) is 170 Å². The minimum atomic E-state index is -0.423. The Morgan fingerprint density at radius 2 is 0.600 bits per heavy atom. The molecule has 14 aromatic rings. The highest BCUT2D eigenvalue weighted by atomic mass is 15.0. The lowest BCUT2D eigenvalue weighted by atomic mass is 9.70. The van der Waals surface area contributed by atoms with E-state index in [-0.39, 0.29) is 0 Å². The molecule has 0 unspecified atom stereocenters. The Morgan fingerprint density at radius 1 is 0.214 bits per heavy atom. The number of benzene rings is 11. The van der Waals surface area contributed by atoms with Gasteiger partial charge in [0.15, 0.2) is 0 Å². The molecule has 0 fully saturated rings. The van der Waals surface area contributed by atoms with Crippen LogP contribution in [0.2, 0.25) is 0 Å². The van der Waals surface area contributed by atoms with Crippen LogP contribution in [0.4, 0.5) is 0 Å². The fraction of sp³-hybridized carbons (Fsp3) is 0.0149. The van der Waals surface area contributed by atoms with Gasteiger partial charge in [0.05, 0.1) is 38.5 Å². The maximum atomic E-state index is 2.51. The van der Waals surface area contributed by atoms with Gasteiger partial charge in [0, 0.05) is 49.4 Å². The molecule has 3 heterocycles. The highest BCUT2D eigenvalue weighted by Crippen LogP contribution is 2.63. The monoisotopic (exact) mass is 887 g/mol. The van der Waals surface area contributed by atoms with E-state index in [1.165, 1.54) is 127 Å². The third kappa shape index (κ3) is 4.88. The molecule has 3 heteroatoms. The Hall–Kier alpha value is -9.18. The summed E-state index contributed by atoms with van der Waals surface area (Å²) in [6, 6.07) is 92.8.